The summed E-state index contributed by atoms with van der Waals surface area (Å²) in [4.78, 5) is 8.90. The van der Waals surface area contributed by atoms with Gasteiger partial charge in [0.05, 0.1) is 0 Å². The topological polar surface area (TPSA) is 46.5 Å². The first-order valence-electron chi connectivity index (χ1n) is 3.32. The molecule has 0 bridgehead atoms. The maximum atomic E-state index is 10.6. The summed E-state index contributed by atoms with van der Waals surface area (Å²) in [6.07, 6.45) is -2.53. The SMILES string of the molecule is C1CCOC1.O=C(O)C(F)(F)F.[LiH]. The Morgan fingerprint density at radius 2 is 1.54 bits per heavy atom. The van der Waals surface area contributed by atoms with Crippen molar-refractivity contribution in [2.75, 3.05) is 13.2 Å². The molecule has 1 fully saturated rings. The van der Waals surface area contributed by atoms with Gasteiger partial charge in [-0.15, -0.1) is 0 Å². The molecular weight excluding hydrogens is 184 g/mol. The number of alkyl halides is 3. The molecule has 1 heterocycles. The fraction of sp³-hybridized carbons (Fsp3) is 0.833. The van der Waals surface area contributed by atoms with Crippen LogP contribution in [0.4, 0.5) is 13.2 Å². The van der Waals surface area contributed by atoms with E-state index in [0.717, 1.165) is 13.2 Å². The van der Waals surface area contributed by atoms with Crippen LogP contribution in [0.15, 0.2) is 0 Å². The van der Waals surface area contributed by atoms with Crippen LogP contribution in [0.5, 0.6) is 0 Å². The van der Waals surface area contributed by atoms with Gasteiger partial charge >= 0.3 is 31.0 Å². The number of aliphatic carboxylic acids is 1. The van der Waals surface area contributed by atoms with E-state index in [9.17, 15) is 13.2 Å². The molecule has 0 atom stereocenters. The van der Waals surface area contributed by atoms with Crippen LogP contribution in [0.1, 0.15) is 12.8 Å². The van der Waals surface area contributed by atoms with Crippen LogP contribution >= 0.6 is 0 Å². The summed E-state index contributed by atoms with van der Waals surface area (Å²) in [5.41, 5.74) is 0. The van der Waals surface area contributed by atoms with Crippen LogP contribution in [0.2, 0.25) is 0 Å². The molecule has 0 radical (unpaired) electrons. The number of halogens is 3. The van der Waals surface area contributed by atoms with Gasteiger partial charge < -0.3 is 9.84 Å². The van der Waals surface area contributed by atoms with E-state index in [-0.39, 0.29) is 18.9 Å². The fourth-order valence-corrected chi connectivity index (χ4v) is 0.510. The van der Waals surface area contributed by atoms with Gasteiger partial charge in [0.2, 0.25) is 0 Å². The van der Waals surface area contributed by atoms with Gasteiger partial charge in [0.1, 0.15) is 0 Å². The molecule has 0 unspecified atom stereocenters. The maximum absolute atomic E-state index is 10.6. The first-order valence-corrected chi connectivity index (χ1v) is 3.32. The fourth-order valence-electron chi connectivity index (χ4n) is 0.510. The Balaban J connectivity index is 0. The number of hydrogen-bond donors (Lipinski definition) is 1. The number of carboxylic acid groups (broad SMARTS) is 1. The van der Waals surface area contributed by atoms with Gasteiger partial charge in [-0.1, -0.05) is 0 Å². The minimum atomic E-state index is -5.08. The van der Waals surface area contributed by atoms with Crippen molar-refractivity contribution in [1.29, 1.82) is 0 Å². The van der Waals surface area contributed by atoms with Crippen LogP contribution in [0.3, 0.4) is 0 Å². The summed E-state index contributed by atoms with van der Waals surface area (Å²) in [5, 5.41) is 7.12. The monoisotopic (exact) mass is 194 g/mol. The third-order valence-corrected chi connectivity index (χ3v) is 1.07. The van der Waals surface area contributed by atoms with E-state index in [2.05, 4.69) is 0 Å². The third kappa shape index (κ3) is 9.73. The summed E-state index contributed by atoms with van der Waals surface area (Å²) in [6, 6.07) is 0. The zero-order chi connectivity index (χ0) is 9.61. The zero-order valence-corrected chi connectivity index (χ0v) is 6.23. The first kappa shape index (κ1) is 15.3. The minimum absolute atomic E-state index is 0. The molecule has 0 saturated carbocycles. The second-order valence-electron chi connectivity index (χ2n) is 2.12. The number of ether oxygens (including phenoxy) is 1. The van der Waals surface area contributed by atoms with Crippen LogP contribution in [0, 0.1) is 0 Å². The van der Waals surface area contributed by atoms with E-state index in [4.69, 9.17) is 14.6 Å². The van der Waals surface area contributed by atoms with Crippen molar-refractivity contribution in [3.8, 4) is 0 Å². The van der Waals surface area contributed by atoms with Gasteiger partial charge in [-0.3, -0.25) is 0 Å². The Morgan fingerprint density at radius 3 is 1.62 bits per heavy atom. The molecule has 1 N–H and O–H groups in total. The van der Waals surface area contributed by atoms with Crippen LogP contribution in [-0.2, 0) is 9.53 Å². The molecule has 0 amide bonds. The van der Waals surface area contributed by atoms with Gasteiger partial charge in [-0.25, -0.2) is 4.79 Å². The molecule has 0 spiro atoms. The molecule has 0 aromatic carbocycles. The molecule has 0 aromatic rings. The Kier molecular flexibility index (Phi) is 8.52. The van der Waals surface area contributed by atoms with Crippen molar-refractivity contribution in [3.63, 3.8) is 0 Å². The van der Waals surface area contributed by atoms with Gasteiger partial charge in [-0.2, -0.15) is 13.2 Å². The molecule has 7 heteroatoms. The van der Waals surface area contributed by atoms with E-state index in [1.54, 1.807) is 0 Å². The van der Waals surface area contributed by atoms with E-state index < -0.39 is 12.1 Å². The summed E-state index contributed by atoms with van der Waals surface area (Å²) in [7, 11) is 0. The van der Waals surface area contributed by atoms with E-state index in [1.807, 2.05) is 0 Å². The van der Waals surface area contributed by atoms with Crippen molar-refractivity contribution >= 4 is 24.8 Å². The molecule has 0 aliphatic carbocycles. The van der Waals surface area contributed by atoms with E-state index >= 15 is 0 Å². The second-order valence-corrected chi connectivity index (χ2v) is 2.12. The number of carboxylic acids is 1. The number of hydrogen-bond acceptors (Lipinski definition) is 2. The summed E-state index contributed by atoms with van der Waals surface area (Å²) in [6.45, 7) is 2.00. The Morgan fingerprint density at radius 1 is 1.23 bits per heavy atom. The summed E-state index contributed by atoms with van der Waals surface area (Å²) in [5.74, 6) is -2.76. The second kappa shape index (κ2) is 7.24. The molecular formula is C6H10F3LiO3. The van der Waals surface area contributed by atoms with Crippen LogP contribution in [0.25, 0.3) is 0 Å². The number of carbonyl (C=O) groups is 1. The molecule has 1 saturated heterocycles. The normalized spacial score (nSPS) is 15.3. The molecule has 74 valence electrons. The molecule has 1 aliphatic rings. The van der Waals surface area contributed by atoms with Gasteiger partial charge in [0, 0.05) is 13.2 Å². The van der Waals surface area contributed by atoms with Gasteiger partial charge in [0.25, 0.3) is 0 Å². The van der Waals surface area contributed by atoms with Gasteiger partial charge in [0.15, 0.2) is 0 Å². The van der Waals surface area contributed by atoms with Crippen LogP contribution < -0.4 is 0 Å². The summed E-state index contributed by atoms with van der Waals surface area (Å²) < 4.78 is 36.7. The number of rotatable bonds is 0. The third-order valence-electron chi connectivity index (χ3n) is 1.07. The predicted molar refractivity (Wildman–Crippen MR) is 40.9 cm³/mol. The van der Waals surface area contributed by atoms with Crippen LogP contribution in [-0.4, -0.2) is 49.3 Å². The summed E-state index contributed by atoms with van der Waals surface area (Å²) >= 11 is 0. The average molecular weight is 194 g/mol. The molecule has 0 aromatic heterocycles. The van der Waals surface area contributed by atoms with Crippen molar-refractivity contribution < 1.29 is 27.8 Å². The average Bonchev–Trinajstić information content (AvgIpc) is 2.39. The Bertz CT molecular complexity index is 137. The zero-order valence-electron chi connectivity index (χ0n) is 6.23. The standard InChI is InChI=1S/C4H8O.C2HF3O2.Li.H/c1-2-4-5-3-1;3-2(4,5)1(6)7;;/h1-4H2;(H,6,7);;. The van der Waals surface area contributed by atoms with Crippen molar-refractivity contribution in [2.24, 2.45) is 0 Å². The molecule has 1 aliphatic heterocycles. The van der Waals surface area contributed by atoms with E-state index in [1.165, 1.54) is 12.8 Å². The molecule has 1 rings (SSSR count). The van der Waals surface area contributed by atoms with Crippen molar-refractivity contribution in [1.82, 2.24) is 0 Å². The Labute approximate surface area is 85.4 Å². The molecule has 13 heavy (non-hydrogen) atoms. The quantitative estimate of drug-likeness (QED) is 0.579. The van der Waals surface area contributed by atoms with Gasteiger partial charge in [-0.05, 0) is 12.8 Å². The predicted octanol–water partition coefficient (Wildman–Crippen LogP) is 0.782. The molecule has 3 nitrogen and oxygen atoms in total. The van der Waals surface area contributed by atoms with Crippen molar-refractivity contribution in [3.05, 3.63) is 0 Å². The van der Waals surface area contributed by atoms with E-state index in [0.29, 0.717) is 0 Å². The van der Waals surface area contributed by atoms with Crippen molar-refractivity contribution in [2.45, 2.75) is 19.0 Å². The Hall–Kier alpha value is -0.183. The first-order chi connectivity index (χ1) is 5.44.